The maximum Gasteiger partial charge on any atom is 0.243 e. The number of nitrogens with two attached hydrogens (primary N) is 1. The molecule has 0 spiro atoms. The molecule has 0 saturated carbocycles. The second-order valence-corrected chi connectivity index (χ2v) is 9.52. The van der Waals surface area contributed by atoms with E-state index in [1.165, 1.54) is 16.2 Å². The third-order valence-electron chi connectivity index (χ3n) is 5.69. The van der Waals surface area contributed by atoms with Crippen molar-refractivity contribution in [1.29, 1.82) is 0 Å². The molecule has 9 heteroatoms. The van der Waals surface area contributed by atoms with Crippen LogP contribution in [-0.4, -0.2) is 42.3 Å². The molecule has 3 N–H and O–H groups in total. The molecule has 0 unspecified atom stereocenters. The number of para-hydroxylation sites is 1. The van der Waals surface area contributed by atoms with E-state index in [1.807, 2.05) is 26.0 Å². The summed E-state index contributed by atoms with van der Waals surface area (Å²) in [5, 5.41) is 3.20. The minimum absolute atomic E-state index is 0.257. The van der Waals surface area contributed by atoms with Gasteiger partial charge in [0.25, 0.3) is 0 Å². The average Bonchev–Trinajstić information content (AvgIpc) is 2.81. The van der Waals surface area contributed by atoms with E-state index in [4.69, 9.17) is 5.73 Å². The first kappa shape index (κ1) is 22.0. The summed E-state index contributed by atoms with van der Waals surface area (Å²) in [6.45, 7) is 5.34. The van der Waals surface area contributed by atoms with Crippen LogP contribution in [0.4, 0.5) is 28.7 Å². The maximum absolute atomic E-state index is 12.7. The predicted octanol–water partition coefficient (Wildman–Crippen LogP) is 3.92. The first-order chi connectivity index (χ1) is 15.5. The van der Waals surface area contributed by atoms with Crippen LogP contribution >= 0.6 is 0 Å². The zero-order valence-corrected chi connectivity index (χ0v) is 19.1. The van der Waals surface area contributed by atoms with E-state index in [-0.39, 0.29) is 4.90 Å². The van der Waals surface area contributed by atoms with Gasteiger partial charge in [0.15, 0.2) is 11.6 Å². The number of hydrogen-bond donors (Lipinski definition) is 2. The highest BCUT2D eigenvalue weighted by atomic mass is 32.2. The number of rotatable bonds is 7. The number of aromatic nitrogens is 2. The second kappa shape index (κ2) is 9.13. The fourth-order valence-electron chi connectivity index (χ4n) is 4.01. The third kappa shape index (κ3) is 4.13. The van der Waals surface area contributed by atoms with E-state index in [2.05, 4.69) is 32.3 Å². The lowest BCUT2D eigenvalue weighted by molar-refractivity contribution is 0.445. The van der Waals surface area contributed by atoms with Gasteiger partial charge in [-0.3, -0.25) is 0 Å². The molecule has 0 aliphatic carbocycles. The summed E-state index contributed by atoms with van der Waals surface area (Å²) in [4.78, 5) is 11.1. The molecular weight excluding hydrogens is 424 g/mol. The van der Waals surface area contributed by atoms with Gasteiger partial charge < -0.3 is 16.0 Å². The summed E-state index contributed by atoms with van der Waals surface area (Å²) in [6.07, 6.45) is 3.54. The van der Waals surface area contributed by atoms with Gasteiger partial charge in [0.05, 0.1) is 4.90 Å². The van der Waals surface area contributed by atoms with Gasteiger partial charge in [-0.2, -0.15) is 4.31 Å². The van der Waals surface area contributed by atoms with Crippen LogP contribution in [0.1, 0.15) is 25.8 Å². The van der Waals surface area contributed by atoms with E-state index in [1.54, 1.807) is 24.3 Å². The quantitative estimate of drug-likeness (QED) is 0.560. The van der Waals surface area contributed by atoms with Crippen molar-refractivity contribution in [2.24, 2.45) is 0 Å². The van der Waals surface area contributed by atoms with Gasteiger partial charge in [-0.05, 0) is 48.7 Å². The molecular formula is C23H28N6O2S. The largest absolute Gasteiger partial charge is 0.393 e. The highest BCUT2D eigenvalue weighted by Gasteiger charge is 2.23. The van der Waals surface area contributed by atoms with Crippen LogP contribution in [0.5, 0.6) is 0 Å². The Bertz CT molecular complexity index is 1190. The molecule has 0 atom stereocenters. The Kier molecular flexibility index (Phi) is 6.29. The minimum Gasteiger partial charge on any atom is -0.393 e. The highest BCUT2D eigenvalue weighted by molar-refractivity contribution is 7.89. The van der Waals surface area contributed by atoms with E-state index in [9.17, 15) is 8.42 Å². The lowest BCUT2D eigenvalue weighted by Gasteiger charge is -2.31. The summed E-state index contributed by atoms with van der Waals surface area (Å²) in [5.74, 6) is 1.15. The van der Waals surface area contributed by atoms with Gasteiger partial charge >= 0.3 is 0 Å². The number of hydrogen-bond acceptors (Lipinski definition) is 7. The number of fused-ring (bicyclic) bond motifs is 1. The average molecular weight is 453 g/mol. The Morgan fingerprint density at radius 1 is 1.06 bits per heavy atom. The van der Waals surface area contributed by atoms with Crippen LogP contribution in [0.3, 0.4) is 0 Å². The Balaban J connectivity index is 1.59. The number of nitrogens with one attached hydrogen (secondary N) is 1. The van der Waals surface area contributed by atoms with Crippen molar-refractivity contribution in [2.75, 3.05) is 35.6 Å². The van der Waals surface area contributed by atoms with Crippen molar-refractivity contribution >= 4 is 38.7 Å². The molecule has 2 heterocycles. The van der Waals surface area contributed by atoms with Crippen LogP contribution in [0.2, 0.25) is 0 Å². The van der Waals surface area contributed by atoms with Gasteiger partial charge in [-0.15, -0.1) is 0 Å². The molecule has 1 aromatic heterocycles. The Morgan fingerprint density at radius 3 is 2.50 bits per heavy atom. The molecule has 2 aromatic carbocycles. The van der Waals surface area contributed by atoms with Crippen LogP contribution in [0.15, 0.2) is 59.8 Å². The SMILES string of the molecule is CCN(CC)S(=O)(=O)c1ccc(Nc2ncnc(N3CCCc4ccccc43)c2N)cc1. The van der Waals surface area contributed by atoms with Gasteiger partial charge in [-0.1, -0.05) is 32.0 Å². The molecule has 4 rings (SSSR count). The number of sulfonamides is 1. The number of nitrogens with zero attached hydrogens (tertiary/aromatic N) is 4. The van der Waals surface area contributed by atoms with E-state index < -0.39 is 10.0 Å². The topological polar surface area (TPSA) is 104 Å². The lowest BCUT2D eigenvalue weighted by Crippen LogP contribution is -2.30. The maximum atomic E-state index is 12.7. The fourth-order valence-corrected chi connectivity index (χ4v) is 5.47. The molecule has 0 bridgehead atoms. The zero-order valence-electron chi connectivity index (χ0n) is 18.3. The van der Waals surface area contributed by atoms with Crippen molar-refractivity contribution in [3.8, 4) is 0 Å². The Hall–Kier alpha value is -3.17. The molecule has 3 aromatic rings. The first-order valence-corrected chi connectivity index (χ1v) is 12.2. The van der Waals surface area contributed by atoms with Crippen LogP contribution in [-0.2, 0) is 16.4 Å². The molecule has 168 valence electrons. The predicted molar refractivity (Wildman–Crippen MR) is 128 cm³/mol. The third-order valence-corrected chi connectivity index (χ3v) is 7.75. The van der Waals surface area contributed by atoms with Gasteiger partial charge in [0, 0.05) is 31.0 Å². The van der Waals surface area contributed by atoms with Gasteiger partial charge in [0.1, 0.15) is 12.0 Å². The number of nitrogen functional groups attached to an aromatic ring is 1. The summed E-state index contributed by atoms with van der Waals surface area (Å²) >= 11 is 0. The number of aryl methyl sites for hydroxylation is 1. The van der Waals surface area contributed by atoms with E-state index >= 15 is 0 Å². The van der Waals surface area contributed by atoms with Crippen molar-refractivity contribution in [1.82, 2.24) is 14.3 Å². The molecule has 32 heavy (non-hydrogen) atoms. The molecule has 0 saturated heterocycles. The molecule has 0 amide bonds. The minimum atomic E-state index is -3.50. The Labute approximate surface area is 189 Å². The standard InChI is InChI=1S/C23H28N6O2S/c1-3-28(4-2)32(30,31)19-13-11-18(12-14-19)27-22-21(24)23(26-16-25-22)29-15-7-9-17-8-5-6-10-20(17)29/h5-6,8,10-14,16H,3-4,7,9,15,24H2,1-2H3,(H,25,26,27). The van der Waals surface area contributed by atoms with Crippen molar-refractivity contribution in [2.45, 2.75) is 31.6 Å². The molecule has 1 aliphatic rings. The molecule has 1 aliphatic heterocycles. The van der Waals surface area contributed by atoms with Crippen molar-refractivity contribution < 1.29 is 8.42 Å². The van der Waals surface area contributed by atoms with Crippen LogP contribution in [0, 0.1) is 0 Å². The summed E-state index contributed by atoms with van der Waals surface area (Å²) in [5.41, 5.74) is 9.99. The summed E-state index contributed by atoms with van der Waals surface area (Å²) < 4.78 is 26.8. The second-order valence-electron chi connectivity index (χ2n) is 7.58. The molecule has 8 nitrogen and oxygen atoms in total. The summed E-state index contributed by atoms with van der Waals surface area (Å²) in [6, 6.07) is 14.9. The fraction of sp³-hybridized carbons (Fsp3) is 0.304. The van der Waals surface area contributed by atoms with E-state index in [0.717, 1.165) is 25.1 Å². The smallest absolute Gasteiger partial charge is 0.243 e. The zero-order chi connectivity index (χ0) is 22.7. The molecule has 0 radical (unpaired) electrons. The van der Waals surface area contributed by atoms with Crippen LogP contribution < -0.4 is 16.0 Å². The van der Waals surface area contributed by atoms with Gasteiger partial charge in [-0.25, -0.2) is 18.4 Å². The number of benzene rings is 2. The number of anilines is 5. The normalized spacial score (nSPS) is 13.8. The van der Waals surface area contributed by atoms with Crippen molar-refractivity contribution in [3.63, 3.8) is 0 Å². The van der Waals surface area contributed by atoms with Crippen molar-refractivity contribution in [3.05, 3.63) is 60.4 Å². The first-order valence-electron chi connectivity index (χ1n) is 10.8. The van der Waals surface area contributed by atoms with Gasteiger partial charge in [0.2, 0.25) is 10.0 Å². The lowest BCUT2D eigenvalue weighted by atomic mass is 10.0. The highest BCUT2D eigenvalue weighted by Crippen LogP contribution is 2.37. The summed E-state index contributed by atoms with van der Waals surface area (Å²) in [7, 11) is -3.50. The molecule has 0 fully saturated rings. The van der Waals surface area contributed by atoms with Crippen LogP contribution in [0.25, 0.3) is 0 Å². The monoisotopic (exact) mass is 452 g/mol. The van der Waals surface area contributed by atoms with E-state index in [0.29, 0.717) is 36.1 Å². The Morgan fingerprint density at radius 2 is 1.78 bits per heavy atom.